The zero-order chi connectivity index (χ0) is 15.6. The average Bonchev–Trinajstić information content (AvgIpc) is 2.45. The van der Waals surface area contributed by atoms with Crippen LogP contribution in [-0.2, 0) is 0 Å². The lowest BCUT2D eigenvalue weighted by atomic mass is 10.1. The van der Waals surface area contributed by atoms with Gasteiger partial charge in [-0.2, -0.15) is 0 Å². The number of anilines is 1. The van der Waals surface area contributed by atoms with Gasteiger partial charge in [-0.05, 0) is 42.8 Å². The zero-order valence-corrected chi connectivity index (χ0v) is 13.2. The Balaban J connectivity index is 2.40. The molecule has 1 N–H and O–H groups in total. The number of carboxylic acid groups (broad SMARTS) is 1. The molecule has 0 saturated heterocycles. The van der Waals surface area contributed by atoms with Gasteiger partial charge in [-0.25, -0.2) is 4.79 Å². The smallest absolute Gasteiger partial charge is 0.337 e. The van der Waals surface area contributed by atoms with Crippen LogP contribution < -0.4 is 4.90 Å². The van der Waals surface area contributed by atoms with E-state index in [9.17, 15) is 9.90 Å². The van der Waals surface area contributed by atoms with Gasteiger partial charge in [0.1, 0.15) is 0 Å². The van der Waals surface area contributed by atoms with Crippen molar-refractivity contribution in [2.75, 3.05) is 11.9 Å². The Hall–Kier alpha value is -1.71. The van der Waals surface area contributed by atoms with E-state index >= 15 is 0 Å². The van der Waals surface area contributed by atoms with Crippen LogP contribution in [0.25, 0.3) is 0 Å². The highest BCUT2D eigenvalue weighted by Crippen LogP contribution is 2.30. The Labute approximate surface area is 133 Å². The molecular weight excluding hydrogens is 309 g/mol. The van der Waals surface area contributed by atoms with E-state index in [4.69, 9.17) is 23.2 Å². The normalized spacial score (nSPS) is 12.0. The van der Waals surface area contributed by atoms with Crippen LogP contribution in [0.1, 0.15) is 28.9 Å². The molecule has 0 amide bonds. The molecule has 2 aromatic carbocycles. The van der Waals surface area contributed by atoms with Gasteiger partial charge in [0.2, 0.25) is 0 Å². The lowest BCUT2D eigenvalue weighted by molar-refractivity contribution is 0.0697. The molecule has 0 saturated carbocycles. The second-order valence-electron chi connectivity index (χ2n) is 4.81. The molecule has 1 atom stereocenters. The van der Waals surface area contributed by atoms with E-state index in [0.717, 1.165) is 5.56 Å². The number of halogens is 2. The second-order valence-corrected chi connectivity index (χ2v) is 5.68. The van der Waals surface area contributed by atoms with Crippen molar-refractivity contribution in [3.8, 4) is 0 Å². The summed E-state index contributed by atoms with van der Waals surface area (Å²) in [4.78, 5) is 13.3. The Morgan fingerprint density at radius 1 is 1.14 bits per heavy atom. The maximum Gasteiger partial charge on any atom is 0.337 e. The molecule has 5 heteroatoms. The van der Waals surface area contributed by atoms with Crippen molar-refractivity contribution in [3.05, 3.63) is 63.6 Å². The van der Waals surface area contributed by atoms with E-state index in [1.165, 1.54) is 6.07 Å². The molecule has 21 heavy (non-hydrogen) atoms. The van der Waals surface area contributed by atoms with E-state index in [1.807, 2.05) is 43.1 Å². The Bertz CT molecular complexity index is 673. The van der Waals surface area contributed by atoms with Crippen molar-refractivity contribution < 1.29 is 9.90 Å². The lowest BCUT2D eigenvalue weighted by Gasteiger charge is -2.28. The van der Waals surface area contributed by atoms with Crippen LogP contribution >= 0.6 is 23.2 Å². The minimum absolute atomic E-state index is 0.0250. The van der Waals surface area contributed by atoms with E-state index in [-0.39, 0.29) is 11.6 Å². The summed E-state index contributed by atoms with van der Waals surface area (Å²) < 4.78 is 0. The summed E-state index contributed by atoms with van der Waals surface area (Å²) >= 11 is 11.9. The van der Waals surface area contributed by atoms with E-state index in [0.29, 0.717) is 15.7 Å². The van der Waals surface area contributed by atoms with Gasteiger partial charge < -0.3 is 10.0 Å². The van der Waals surface area contributed by atoms with Crippen molar-refractivity contribution in [1.29, 1.82) is 0 Å². The van der Waals surface area contributed by atoms with E-state index in [2.05, 4.69) is 0 Å². The summed E-state index contributed by atoms with van der Waals surface area (Å²) in [5.74, 6) is -1.00. The van der Waals surface area contributed by atoms with Crippen LogP contribution in [0, 0.1) is 0 Å². The summed E-state index contributed by atoms with van der Waals surface area (Å²) in [5, 5.41) is 10.4. The van der Waals surface area contributed by atoms with Gasteiger partial charge in [-0.3, -0.25) is 0 Å². The molecule has 0 aromatic heterocycles. The highest BCUT2D eigenvalue weighted by atomic mass is 35.5. The van der Waals surface area contributed by atoms with Crippen LogP contribution in [0.3, 0.4) is 0 Å². The first-order chi connectivity index (χ1) is 9.90. The lowest BCUT2D eigenvalue weighted by Crippen LogP contribution is -2.23. The summed E-state index contributed by atoms with van der Waals surface area (Å²) in [6.07, 6.45) is 0. The predicted octanol–water partition coefficient (Wildman–Crippen LogP) is 4.89. The molecule has 0 bridgehead atoms. The molecule has 0 aliphatic heterocycles. The van der Waals surface area contributed by atoms with Gasteiger partial charge in [0, 0.05) is 17.1 Å². The van der Waals surface area contributed by atoms with Crippen molar-refractivity contribution in [2.24, 2.45) is 0 Å². The second kappa shape index (κ2) is 6.37. The molecule has 0 spiro atoms. The molecule has 0 heterocycles. The van der Waals surface area contributed by atoms with Crippen molar-refractivity contribution in [3.63, 3.8) is 0 Å². The number of nitrogens with zero attached hydrogens (tertiary/aromatic N) is 1. The third-order valence-corrected chi connectivity index (χ3v) is 3.95. The quantitative estimate of drug-likeness (QED) is 0.870. The monoisotopic (exact) mass is 323 g/mol. The van der Waals surface area contributed by atoms with Gasteiger partial charge in [-0.15, -0.1) is 0 Å². The number of aromatic carboxylic acids is 1. The standard InChI is InChI=1S/C16H15Cl2NO2/c1-10(11-4-3-5-12(17)8-11)19(2)15-7-6-13(18)9-14(15)16(20)21/h3-10H,1-2H3,(H,20,21). The molecule has 1 unspecified atom stereocenters. The van der Waals surface area contributed by atoms with E-state index in [1.54, 1.807) is 12.1 Å². The molecular formula is C16H15Cl2NO2. The van der Waals surface area contributed by atoms with Crippen LogP contribution in [0.5, 0.6) is 0 Å². The van der Waals surface area contributed by atoms with Crippen molar-refractivity contribution in [2.45, 2.75) is 13.0 Å². The first-order valence-electron chi connectivity index (χ1n) is 6.41. The summed E-state index contributed by atoms with van der Waals surface area (Å²) in [6.45, 7) is 1.99. The summed E-state index contributed by atoms with van der Waals surface area (Å²) in [7, 11) is 1.85. The number of rotatable bonds is 4. The van der Waals surface area contributed by atoms with Crippen molar-refractivity contribution in [1.82, 2.24) is 0 Å². The molecule has 0 radical (unpaired) electrons. The molecule has 3 nitrogen and oxygen atoms in total. The van der Waals surface area contributed by atoms with E-state index < -0.39 is 5.97 Å². The fourth-order valence-electron chi connectivity index (χ4n) is 2.19. The molecule has 0 aliphatic rings. The number of carbonyl (C=O) groups is 1. The Morgan fingerprint density at radius 2 is 1.81 bits per heavy atom. The topological polar surface area (TPSA) is 40.5 Å². The maximum atomic E-state index is 11.4. The SMILES string of the molecule is CC(c1cccc(Cl)c1)N(C)c1ccc(Cl)cc1C(=O)O. The van der Waals surface area contributed by atoms with Crippen LogP contribution in [0.4, 0.5) is 5.69 Å². The van der Waals surface area contributed by atoms with Crippen molar-refractivity contribution >= 4 is 34.9 Å². The van der Waals surface area contributed by atoms with Gasteiger partial charge in [0.05, 0.1) is 17.3 Å². The number of hydrogen-bond acceptors (Lipinski definition) is 2. The highest BCUT2D eigenvalue weighted by molar-refractivity contribution is 6.31. The highest BCUT2D eigenvalue weighted by Gasteiger charge is 2.19. The number of carboxylic acids is 1. The van der Waals surface area contributed by atoms with Crippen LogP contribution in [0.2, 0.25) is 10.0 Å². The Morgan fingerprint density at radius 3 is 2.43 bits per heavy atom. The molecule has 2 aromatic rings. The fraction of sp³-hybridized carbons (Fsp3) is 0.188. The van der Waals surface area contributed by atoms with Gasteiger partial charge in [-0.1, -0.05) is 35.3 Å². The third-order valence-electron chi connectivity index (χ3n) is 3.48. The average molecular weight is 324 g/mol. The third kappa shape index (κ3) is 3.49. The van der Waals surface area contributed by atoms with Gasteiger partial charge in [0.25, 0.3) is 0 Å². The fourth-order valence-corrected chi connectivity index (χ4v) is 2.56. The summed E-state index contributed by atoms with van der Waals surface area (Å²) in [6, 6.07) is 12.4. The number of benzene rings is 2. The largest absolute Gasteiger partial charge is 0.478 e. The number of hydrogen-bond donors (Lipinski definition) is 1. The van der Waals surface area contributed by atoms with Crippen LogP contribution in [0.15, 0.2) is 42.5 Å². The minimum Gasteiger partial charge on any atom is -0.478 e. The minimum atomic E-state index is -1.00. The molecule has 0 aliphatic carbocycles. The first kappa shape index (κ1) is 15.7. The van der Waals surface area contributed by atoms with Gasteiger partial charge in [0.15, 0.2) is 0 Å². The maximum absolute atomic E-state index is 11.4. The molecule has 2 rings (SSSR count). The zero-order valence-electron chi connectivity index (χ0n) is 11.7. The van der Waals surface area contributed by atoms with Gasteiger partial charge >= 0.3 is 5.97 Å². The predicted molar refractivity (Wildman–Crippen MR) is 86.7 cm³/mol. The Kier molecular flexibility index (Phi) is 4.76. The molecule has 0 fully saturated rings. The summed E-state index contributed by atoms with van der Waals surface area (Å²) in [5.41, 5.74) is 1.80. The first-order valence-corrected chi connectivity index (χ1v) is 7.17. The molecule has 110 valence electrons. The van der Waals surface area contributed by atoms with Crippen LogP contribution in [-0.4, -0.2) is 18.1 Å².